The molecule has 22 heavy (non-hydrogen) atoms. The van der Waals surface area contributed by atoms with Crippen LogP contribution in [0.1, 0.15) is 63.0 Å². The van der Waals surface area contributed by atoms with Crippen LogP contribution in [0.3, 0.4) is 0 Å². The Kier molecular flexibility index (Phi) is 4.43. The van der Waals surface area contributed by atoms with Gasteiger partial charge in [0.2, 0.25) is 0 Å². The molecule has 0 aromatic carbocycles. The molecule has 1 aliphatic carbocycles. The van der Waals surface area contributed by atoms with Crippen LogP contribution in [-0.2, 0) is 13.1 Å². The number of hydrogen-bond donors (Lipinski definition) is 1. The van der Waals surface area contributed by atoms with Crippen LogP contribution < -0.4 is 5.32 Å². The number of alkyl halides is 3. The molecule has 7 heteroatoms. The van der Waals surface area contributed by atoms with Gasteiger partial charge in [0, 0.05) is 12.6 Å². The van der Waals surface area contributed by atoms with E-state index in [0.717, 1.165) is 18.8 Å². The Balaban J connectivity index is 1.65. The Hall–Kier alpha value is -1.11. The highest BCUT2D eigenvalue weighted by atomic mass is 19.4. The maximum atomic E-state index is 13.0. The summed E-state index contributed by atoms with van der Waals surface area (Å²) in [7, 11) is 0. The van der Waals surface area contributed by atoms with Gasteiger partial charge in [-0.2, -0.15) is 13.2 Å². The lowest BCUT2D eigenvalue weighted by Gasteiger charge is -2.25. The van der Waals surface area contributed by atoms with Crippen molar-refractivity contribution in [2.45, 2.75) is 76.7 Å². The molecule has 1 N–H and O–H groups in total. The van der Waals surface area contributed by atoms with Crippen LogP contribution >= 0.6 is 0 Å². The first kappa shape index (κ1) is 15.8. The minimum atomic E-state index is -4.23. The van der Waals surface area contributed by atoms with E-state index in [0.29, 0.717) is 31.4 Å². The van der Waals surface area contributed by atoms with Crippen molar-refractivity contribution in [1.29, 1.82) is 0 Å². The summed E-state index contributed by atoms with van der Waals surface area (Å²) in [6, 6.07) is 0.458. The quantitative estimate of drug-likeness (QED) is 0.926. The smallest absolute Gasteiger partial charge is 0.313 e. The van der Waals surface area contributed by atoms with E-state index in [1.165, 1.54) is 12.8 Å². The van der Waals surface area contributed by atoms with Crippen LogP contribution in [-0.4, -0.2) is 27.0 Å². The number of rotatable bonds is 4. The van der Waals surface area contributed by atoms with Gasteiger partial charge >= 0.3 is 6.18 Å². The number of fused-ring (bicyclic) bond motifs is 1. The fraction of sp³-hybridized carbons (Fsp3) is 0.867. The zero-order chi connectivity index (χ0) is 15.7. The van der Waals surface area contributed by atoms with Gasteiger partial charge in [0.25, 0.3) is 0 Å². The third-order valence-electron chi connectivity index (χ3n) is 5.10. The van der Waals surface area contributed by atoms with E-state index in [-0.39, 0.29) is 12.2 Å². The number of nitrogens with one attached hydrogen (secondary N) is 1. The van der Waals surface area contributed by atoms with Crippen molar-refractivity contribution in [3.63, 3.8) is 0 Å². The predicted molar refractivity (Wildman–Crippen MR) is 76.3 cm³/mol. The normalized spacial score (nSPS) is 28.8. The van der Waals surface area contributed by atoms with Gasteiger partial charge in [0.05, 0.1) is 6.54 Å². The van der Waals surface area contributed by atoms with E-state index < -0.39 is 12.1 Å². The molecule has 1 aromatic heterocycles. The molecule has 1 fully saturated rings. The summed E-state index contributed by atoms with van der Waals surface area (Å²) in [6.45, 7) is 3.31. The Morgan fingerprint density at radius 2 is 2.05 bits per heavy atom. The summed E-state index contributed by atoms with van der Waals surface area (Å²) < 4.78 is 40.8. The lowest BCUT2D eigenvalue weighted by Crippen LogP contribution is -2.31. The lowest BCUT2D eigenvalue weighted by molar-refractivity contribution is -0.156. The molecule has 1 saturated carbocycles. The highest BCUT2D eigenvalue weighted by Crippen LogP contribution is 2.40. The first-order valence-electron chi connectivity index (χ1n) is 8.21. The standard InChI is InChI=1S/C15H23F3N4/c1-2-10-5-6-11(8-10)19-9-13-20-21-14-12(15(16,17)18)4-3-7-22(13)14/h10-12,19H,2-9H2,1H3/t10-,11+,12-/m1/s1. The van der Waals surface area contributed by atoms with E-state index in [1.54, 1.807) is 4.57 Å². The van der Waals surface area contributed by atoms with Crippen molar-refractivity contribution in [3.05, 3.63) is 11.6 Å². The summed E-state index contributed by atoms with van der Waals surface area (Å²) in [4.78, 5) is 0. The molecule has 4 nitrogen and oxygen atoms in total. The number of aromatic nitrogens is 3. The van der Waals surface area contributed by atoms with Crippen LogP contribution in [0.4, 0.5) is 13.2 Å². The molecular weight excluding hydrogens is 293 g/mol. The van der Waals surface area contributed by atoms with Gasteiger partial charge < -0.3 is 9.88 Å². The molecule has 2 aliphatic rings. The van der Waals surface area contributed by atoms with Gasteiger partial charge in [-0.15, -0.1) is 10.2 Å². The Morgan fingerprint density at radius 1 is 1.23 bits per heavy atom. The maximum Gasteiger partial charge on any atom is 0.398 e. The Bertz CT molecular complexity index is 511. The second-order valence-electron chi connectivity index (χ2n) is 6.53. The third kappa shape index (κ3) is 3.14. The minimum Gasteiger partial charge on any atom is -0.313 e. The van der Waals surface area contributed by atoms with Crippen molar-refractivity contribution < 1.29 is 13.2 Å². The molecule has 1 aromatic rings. The molecule has 0 amide bonds. The lowest BCUT2D eigenvalue weighted by atomic mass is 9.98. The van der Waals surface area contributed by atoms with Gasteiger partial charge in [-0.3, -0.25) is 0 Å². The number of halogens is 3. The van der Waals surface area contributed by atoms with Crippen LogP contribution in [0.15, 0.2) is 0 Å². The van der Waals surface area contributed by atoms with Crippen LogP contribution in [0.5, 0.6) is 0 Å². The molecule has 124 valence electrons. The van der Waals surface area contributed by atoms with Gasteiger partial charge in [-0.05, 0) is 38.0 Å². The second-order valence-corrected chi connectivity index (χ2v) is 6.53. The molecule has 0 bridgehead atoms. The van der Waals surface area contributed by atoms with Gasteiger partial charge in [-0.25, -0.2) is 0 Å². The highest BCUT2D eigenvalue weighted by Gasteiger charge is 2.45. The minimum absolute atomic E-state index is 0.0911. The van der Waals surface area contributed by atoms with Crippen LogP contribution in [0.25, 0.3) is 0 Å². The number of hydrogen-bond acceptors (Lipinski definition) is 3. The van der Waals surface area contributed by atoms with E-state index in [1.807, 2.05) is 0 Å². The topological polar surface area (TPSA) is 42.7 Å². The van der Waals surface area contributed by atoms with E-state index in [9.17, 15) is 13.2 Å². The largest absolute Gasteiger partial charge is 0.398 e. The van der Waals surface area contributed by atoms with E-state index >= 15 is 0 Å². The second kappa shape index (κ2) is 6.18. The zero-order valence-electron chi connectivity index (χ0n) is 12.9. The van der Waals surface area contributed by atoms with Crippen molar-refractivity contribution in [3.8, 4) is 0 Å². The fourth-order valence-electron chi connectivity index (χ4n) is 3.74. The van der Waals surface area contributed by atoms with Gasteiger partial charge in [0.15, 0.2) is 0 Å². The van der Waals surface area contributed by atoms with Crippen molar-refractivity contribution >= 4 is 0 Å². The first-order chi connectivity index (χ1) is 10.5. The van der Waals surface area contributed by atoms with Gasteiger partial charge in [-0.1, -0.05) is 13.3 Å². The molecule has 0 radical (unpaired) electrons. The third-order valence-corrected chi connectivity index (χ3v) is 5.10. The van der Waals surface area contributed by atoms with Crippen molar-refractivity contribution in [1.82, 2.24) is 20.1 Å². The van der Waals surface area contributed by atoms with Crippen LogP contribution in [0.2, 0.25) is 0 Å². The zero-order valence-corrected chi connectivity index (χ0v) is 12.9. The van der Waals surface area contributed by atoms with Crippen LogP contribution in [0, 0.1) is 5.92 Å². The molecule has 1 aliphatic heterocycles. The van der Waals surface area contributed by atoms with E-state index in [4.69, 9.17) is 0 Å². The summed E-state index contributed by atoms with van der Waals surface area (Å²) in [6.07, 6.45) is 1.16. The predicted octanol–water partition coefficient (Wildman–Crippen LogP) is 3.39. The van der Waals surface area contributed by atoms with E-state index in [2.05, 4.69) is 22.4 Å². The molecule has 0 spiro atoms. The Labute approximate surface area is 128 Å². The SMILES string of the molecule is CC[C@@H]1CC[C@H](NCc2nnc3n2CCC[C@H]3C(F)(F)F)C1. The summed E-state index contributed by atoms with van der Waals surface area (Å²) in [5, 5.41) is 11.3. The van der Waals surface area contributed by atoms with Gasteiger partial charge in [0.1, 0.15) is 17.6 Å². The monoisotopic (exact) mass is 316 g/mol. The molecule has 0 unspecified atom stereocenters. The molecule has 0 saturated heterocycles. The maximum absolute atomic E-state index is 13.0. The fourth-order valence-corrected chi connectivity index (χ4v) is 3.74. The summed E-state index contributed by atoms with van der Waals surface area (Å²) in [5.41, 5.74) is 0. The average Bonchev–Trinajstić information content (AvgIpc) is 3.10. The van der Waals surface area contributed by atoms with Crippen molar-refractivity contribution in [2.24, 2.45) is 5.92 Å². The number of nitrogens with zero attached hydrogens (tertiary/aromatic N) is 3. The molecular formula is C15H23F3N4. The molecule has 2 heterocycles. The molecule has 3 rings (SSSR count). The average molecular weight is 316 g/mol. The summed E-state index contributed by atoms with van der Waals surface area (Å²) in [5.74, 6) is 0.0511. The highest BCUT2D eigenvalue weighted by molar-refractivity contribution is 5.08. The molecule has 3 atom stereocenters. The summed E-state index contributed by atoms with van der Waals surface area (Å²) >= 11 is 0. The Morgan fingerprint density at radius 3 is 2.73 bits per heavy atom. The first-order valence-corrected chi connectivity index (χ1v) is 8.21. The van der Waals surface area contributed by atoms with Crippen molar-refractivity contribution in [2.75, 3.05) is 0 Å².